The Labute approximate surface area is 243 Å². The zero-order valence-electron chi connectivity index (χ0n) is 24.4. The highest BCUT2D eigenvalue weighted by Gasteiger charge is 2.33. The van der Waals surface area contributed by atoms with Crippen molar-refractivity contribution in [2.45, 2.75) is 53.0 Å². The standard InChI is InChI=1S/C31H41ClN6O2/c1-7-23-11-10-12-24(8-2)28(23)38(20-39)30-25(17-26(32)31(34-30)36-14-13-21(4)18-36)29(33-6)37-16-15-35(19-22(37)5)27(40)9-3/h9-12,17,20-22H,3,7-8,13-16,18-19H2,1-2,4-6H3. The lowest BCUT2D eigenvalue weighted by atomic mass is 10.0. The number of aliphatic imine (C=N–C) groups is 1. The molecule has 2 atom stereocenters. The van der Waals surface area contributed by atoms with Gasteiger partial charge in [-0.2, -0.15) is 0 Å². The molecular formula is C31H41ClN6O2. The van der Waals surface area contributed by atoms with Crippen LogP contribution in [0.3, 0.4) is 0 Å². The molecule has 0 saturated carbocycles. The number of benzene rings is 1. The first-order valence-electron chi connectivity index (χ1n) is 14.2. The SMILES string of the molecule is C=CC(=O)N1CCN(C(=NC)c2cc(Cl)c(N3CCC(C)C3)nc2N(C=O)c2c(CC)cccc2CC)C(C)C1. The average molecular weight is 565 g/mol. The molecule has 2 amide bonds. The summed E-state index contributed by atoms with van der Waals surface area (Å²) >= 11 is 6.95. The Hall–Kier alpha value is -3.39. The fraction of sp³-hybridized carbons (Fsp3) is 0.484. The molecule has 8 nitrogen and oxygen atoms in total. The number of hydrogen-bond donors (Lipinski definition) is 0. The monoisotopic (exact) mass is 564 g/mol. The summed E-state index contributed by atoms with van der Waals surface area (Å²) < 4.78 is 0. The number of hydrogen-bond acceptors (Lipinski definition) is 5. The van der Waals surface area contributed by atoms with E-state index in [0.717, 1.165) is 55.6 Å². The van der Waals surface area contributed by atoms with Gasteiger partial charge >= 0.3 is 0 Å². The number of halogens is 1. The van der Waals surface area contributed by atoms with E-state index in [1.54, 1.807) is 16.8 Å². The van der Waals surface area contributed by atoms with E-state index in [9.17, 15) is 9.59 Å². The van der Waals surface area contributed by atoms with Gasteiger partial charge in [-0.1, -0.05) is 57.2 Å². The maximum Gasteiger partial charge on any atom is 0.246 e. The molecule has 1 aromatic heterocycles. The highest BCUT2D eigenvalue weighted by atomic mass is 35.5. The molecule has 2 fully saturated rings. The third kappa shape index (κ3) is 5.73. The number of aromatic nitrogens is 1. The molecule has 0 spiro atoms. The Morgan fingerprint density at radius 2 is 1.88 bits per heavy atom. The summed E-state index contributed by atoms with van der Waals surface area (Å²) in [6.07, 6.45) is 4.84. The smallest absolute Gasteiger partial charge is 0.246 e. The molecule has 2 saturated heterocycles. The Balaban J connectivity index is 1.88. The summed E-state index contributed by atoms with van der Waals surface area (Å²) in [6, 6.07) is 8.07. The summed E-state index contributed by atoms with van der Waals surface area (Å²) in [5, 5.41) is 0.535. The number of amides is 2. The van der Waals surface area contributed by atoms with Crippen LogP contribution >= 0.6 is 11.6 Å². The second-order valence-corrected chi connectivity index (χ2v) is 11.1. The van der Waals surface area contributed by atoms with Crippen LogP contribution in [0.1, 0.15) is 50.8 Å². The minimum atomic E-state index is -0.0773. The van der Waals surface area contributed by atoms with Crippen molar-refractivity contribution in [3.05, 3.63) is 58.6 Å². The Kier molecular flexibility index (Phi) is 9.51. The topological polar surface area (TPSA) is 72.4 Å². The molecule has 40 heavy (non-hydrogen) atoms. The molecule has 9 heteroatoms. The van der Waals surface area contributed by atoms with Gasteiger partial charge in [0, 0.05) is 45.8 Å². The van der Waals surface area contributed by atoms with E-state index in [-0.39, 0.29) is 11.9 Å². The molecular weight excluding hydrogens is 524 g/mol. The van der Waals surface area contributed by atoms with Gasteiger partial charge in [-0.3, -0.25) is 19.5 Å². The second-order valence-electron chi connectivity index (χ2n) is 10.7. The van der Waals surface area contributed by atoms with Crippen molar-refractivity contribution in [3.63, 3.8) is 0 Å². The van der Waals surface area contributed by atoms with Crippen LogP contribution in [0.2, 0.25) is 5.02 Å². The van der Waals surface area contributed by atoms with E-state index in [0.29, 0.717) is 53.6 Å². The summed E-state index contributed by atoms with van der Waals surface area (Å²) in [4.78, 5) is 43.0. The van der Waals surface area contributed by atoms with Gasteiger partial charge in [0.15, 0.2) is 5.82 Å². The van der Waals surface area contributed by atoms with Crippen molar-refractivity contribution in [2.24, 2.45) is 10.9 Å². The van der Waals surface area contributed by atoms with Gasteiger partial charge in [0.25, 0.3) is 0 Å². The second kappa shape index (κ2) is 12.9. The molecule has 214 valence electrons. The summed E-state index contributed by atoms with van der Waals surface area (Å²) in [5.41, 5.74) is 3.71. The summed E-state index contributed by atoms with van der Waals surface area (Å²) in [5.74, 6) is 2.36. The zero-order chi connectivity index (χ0) is 29.0. The molecule has 2 unspecified atom stereocenters. The number of pyridine rings is 1. The number of nitrogens with zero attached hydrogens (tertiary/aromatic N) is 6. The van der Waals surface area contributed by atoms with Crippen molar-refractivity contribution < 1.29 is 9.59 Å². The van der Waals surface area contributed by atoms with E-state index in [1.165, 1.54) is 6.08 Å². The Morgan fingerprint density at radius 3 is 2.40 bits per heavy atom. The maximum absolute atomic E-state index is 13.0. The molecule has 0 N–H and O–H groups in total. The van der Waals surface area contributed by atoms with Gasteiger partial charge in [0.2, 0.25) is 12.3 Å². The number of para-hydroxylation sites is 1. The van der Waals surface area contributed by atoms with E-state index in [2.05, 4.69) is 56.2 Å². The number of piperazine rings is 1. The predicted molar refractivity (Wildman–Crippen MR) is 164 cm³/mol. The first kappa shape index (κ1) is 29.6. The van der Waals surface area contributed by atoms with E-state index in [4.69, 9.17) is 21.6 Å². The summed E-state index contributed by atoms with van der Waals surface area (Å²) in [7, 11) is 1.75. The predicted octanol–water partition coefficient (Wildman–Crippen LogP) is 5.10. The lowest BCUT2D eigenvalue weighted by Gasteiger charge is -2.41. The van der Waals surface area contributed by atoms with E-state index < -0.39 is 0 Å². The molecule has 1 aromatic carbocycles. The van der Waals surface area contributed by atoms with Crippen molar-refractivity contribution in [1.82, 2.24) is 14.8 Å². The van der Waals surface area contributed by atoms with Gasteiger partial charge in [-0.15, -0.1) is 0 Å². The van der Waals surface area contributed by atoms with Gasteiger partial charge in [-0.05, 0) is 55.4 Å². The van der Waals surface area contributed by atoms with Crippen molar-refractivity contribution in [3.8, 4) is 0 Å². The molecule has 3 heterocycles. The van der Waals surface area contributed by atoms with E-state index >= 15 is 0 Å². The minimum Gasteiger partial charge on any atom is -0.355 e. The number of amidine groups is 1. The van der Waals surface area contributed by atoms with Crippen LogP contribution in [-0.2, 0) is 22.4 Å². The quantitative estimate of drug-likeness (QED) is 0.193. The van der Waals surface area contributed by atoms with Gasteiger partial charge in [0.1, 0.15) is 11.7 Å². The van der Waals surface area contributed by atoms with Crippen LogP contribution in [0, 0.1) is 5.92 Å². The van der Waals surface area contributed by atoms with Crippen LogP contribution in [-0.4, -0.2) is 78.7 Å². The fourth-order valence-electron chi connectivity index (χ4n) is 5.91. The number of carbonyl (C=O) groups is 2. The molecule has 0 aliphatic carbocycles. The first-order valence-corrected chi connectivity index (χ1v) is 14.6. The molecule has 0 radical (unpaired) electrons. The molecule has 2 aromatic rings. The summed E-state index contributed by atoms with van der Waals surface area (Å²) in [6.45, 7) is 15.5. The largest absolute Gasteiger partial charge is 0.355 e. The van der Waals surface area contributed by atoms with Crippen molar-refractivity contribution >= 4 is 47.1 Å². The molecule has 2 aliphatic heterocycles. The number of aryl methyl sites for hydroxylation is 2. The van der Waals surface area contributed by atoms with Gasteiger partial charge in [-0.25, -0.2) is 4.98 Å². The van der Waals surface area contributed by atoms with Crippen LogP contribution in [0.25, 0.3) is 0 Å². The maximum atomic E-state index is 13.0. The molecule has 0 bridgehead atoms. The van der Waals surface area contributed by atoms with Crippen LogP contribution in [0.5, 0.6) is 0 Å². The number of carbonyl (C=O) groups excluding carboxylic acids is 2. The Bertz CT molecular complexity index is 1270. The van der Waals surface area contributed by atoms with Crippen molar-refractivity contribution in [2.75, 3.05) is 49.6 Å². The highest BCUT2D eigenvalue weighted by molar-refractivity contribution is 6.33. The normalized spacial score (nSPS) is 19.6. The van der Waals surface area contributed by atoms with Crippen LogP contribution < -0.4 is 9.80 Å². The minimum absolute atomic E-state index is 0.0131. The van der Waals surface area contributed by atoms with E-state index in [1.807, 2.05) is 12.1 Å². The molecule has 4 rings (SSSR count). The van der Waals surface area contributed by atoms with Crippen molar-refractivity contribution in [1.29, 1.82) is 0 Å². The van der Waals surface area contributed by atoms with Gasteiger partial charge in [0.05, 0.1) is 16.3 Å². The van der Waals surface area contributed by atoms with Crippen LogP contribution in [0.15, 0.2) is 41.9 Å². The Morgan fingerprint density at radius 1 is 1.18 bits per heavy atom. The number of rotatable bonds is 8. The average Bonchev–Trinajstić information content (AvgIpc) is 3.40. The first-order chi connectivity index (χ1) is 19.3. The third-order valence-corrected chi connectivity index (χ3v) is 8.32. The molecule has 2 aliphatic rings. The fourth-order valence-corrected chi connectivity index (χ4v) is 6.18. The number of anilines is 3. The highest BCUT2D eigenvalue weighted by Crippen LogP contribution is 2.38. The zero-order valence-corrected chi connectivity index (χ0v) is 25.1. The third-order valence-electron chi connectivity index (χ3n) is 8.04. The van der Waals surface area contributed by atoms with Crippen LogP contribution in [0.4, 0.5) is 17.3 Å². The lowest BCUT2D eigenvalue weighted by molar-refractivity contribution is -0.128. The van der Waals surface area contributed by atoms with Gasteiger partial charge < -0.3 is 14.7 Å². The lowest BCUT2D eigenvalue weighted by Crippen LogP contribution is -2.55.